The van der Waals surface area contributed by atoms with Gasteiger partial charge in [0.2, 0.25) is 0 Å². The molecule has 17 heavy (non-hydrogen) atoms. The molecule has 0 saturated carbocycles. The van der Waals surface area contributed by atoms with Gasteiger partial charge in [-0.2, -0.15) is 0 Å². The molecule has 0 aliphatic carbocycles. The summed E-state index contributed by atoms with van der Waals surface area (Å²) in [6.07, 6.45) is -0.751. The summed E-state index contributed by atoms with van der Waals surface area (Å²) in [6.45, 7) is 1.31. The minimum absolute atomic E-state index is 0.0354. The van der Waals surface area contributed by atoms with Crippen molar-refractivity contribution in [3.8, 4) is 17.2 Å². The number of carboxylic acid groups (broad SMARTS) is 1. The summed E-state index contributed by atoms with van der Waals surface area (Å²) in [4.78, 5) is 21.4. The van der Waals surface area contributed by atoms with E-state index in [0.29, 0.717) is 6.29 Å². The van der Waals surface area contributed by atoms with E-state index in [4.69, 9.17) is 14.6 Å². The Hall–Kier alpha value is -2.24. The third-order valence-corrected chi connectivity index (χ3v) is 2.10. The van der Waals surface area contributed by atoms with Crippen LogP contribution in [-0.4, -0.2) is 35.7 Å². The lowest BCUT2D eigenvalue weighted by atomic mass is 10.2. The smallest absolute Gasteiger partial charge is 0.344 e. The first-order valence-electron chi connectivity index (χ1n) is 4.75. The summed E-state index contributed by atoms with van der Waals surface area (Å²) in [5.74, 6) is -1.27. The van der Waals surface area contributed by atoms with Gasteiger partial charge in [0.15, 0.2) is 12.4 Å². The van der Waals surface area contributed by atoms with Crippen molar-refractivity contribution < 1.29 is 29.3 Å². The Morgan fingerprint density at radius 1 is 1.47 bits per heavy atom. The molecule has 0 aliphatic rings. The third kappa shape index (κ3) is 2.87. The predicted octanol–water partition coefficient (Wildman–Crippen LogP) is 1.07. The summed E-state index contributed by atoms with van der Waals surface area (Å²) in [7, 11) is 1.37. The van der Waals surface area contributed by atoms with Gasteiger partial charge in [-0.25, -0.2) is 4.79 Å². The first-order valence-corrected chi connectivity index (χ1v) is 4.75. The van der Waals surface area contributed by atoms with Crippen LogP contribution in [0.25, 0.3) is 0 Å². The predicted molar refractivity (Wildman–Crippen MR) is 57.8 cm³/mol. The number of hydrogen-bond donors (Lipinski definition) is 2. The second kappa shape index (κ2) is 5.20. The average molecular weight is 240 g/mol. The van der Waals surface area contributed by atoms with Crippen LogP contribution in [0.1, 0.15) is 17.3 Å². The fraction of sp³-hybridized carbons (Fsp3) is 0.273. The maximum absolute atomic E-state index is 10.8. The van der Waals surface area contributed by atoms with Crippen LogP contribution in [0.3, 0.4) is 0 Å². The second-order valence-corrected chi connectivity index (χ2v) is 3.27. The summed E-state index contributed by atoms with van der Waals surface area (Å²) in [5.41, 5.74) is -0.112. The van der Waals surface area contributed by atoms with E-state index in [-0.39, 0.29) is 22.8 Å². The van der Waals surface area contributed by atoms with Gasteiger partial charge in [0.1, 0.15) is 17.2 Å². The lowest BCUT2D eigenvalue weighted by Crippen LogP contribution is -2.23. The average Bonchev–Trinajstić information content (AvgIpc) is 2.28. The fourth-order valence-corrected chi connectivity index (χ4v) is 1.16. The topological polar surface area (TPSA) is 93.1 Å². The largest absolute Gasteiger partial charge is 0.507 e. The van der Waals surface area contributed by atoms with Gasteiger partial charge in [0.25, 0.3) is 0 Å². The number of ether oxygens (including phenoxy) is 2. The van der Waals surface area contributed by atoms with Crippen LogP contribution in [0.4, 0.5) is 0 Å². The van der Waals surface area contributed by atoms with Crippen LogP contribution < -0.4 is 9.47 Å². The van der Waals surface area contributed by atoms with Crippen LogP contribution in [-0.2, 0) is 4.79 Å². The van der Waals surface area contributed by atoms with Crippen molar-refractivity contribution in [3.63, 3.8) is 0 Å². The molecule has 0 aromatic heterocycles. The number of phenolic OH excluding ortho intramolecular Hbond substituents is 1. The molecule has 6 nitrogen and oxygen atoms in total. The maximum atomic E-state index is 10.8. The van der Waals surface area contributed by atoms with Gasteiger partial charge < -0.3 is 19.7 Å². The van der Waals surface area contributed by atoms with Gasteiger partial charge in [-0.3, -0.25) is 4.79 Å². The molecule has 1 aromatic carbocycles. The molecule has 0 amide bonds. The van der Waals surface area contributed by atoms with Crippen LogP contribution in [0.2, 0.25) is 0 Å². The van der Waals surface area contributed by atoms with Crippen LogP contribution in [0.15, 0.2) is 12.1 Å². The Kier molecular flexibility index (Phi) is 3.92. The van der Waals surface area contributed by atoms with Gasteiger partial charge in [-0.05, 0) is 6.92 Å². The quantitative estimate of drug-likeness (QED) is 0.747. The van der Waals surface area contributed by atoms with Crippen molar-refractivity contribution >= 4 is 12.3 Å². The molecule has 1 rings (SSSR count). The molecule has 0 fully saturated rings. The molecule has 0 bridgehead atoms. The number of rotatable bonds is 5. The van der Waals surface area contributed by atoms with Crippen LogP contribution in [0, 0.1) is 0 Å². The number of hydrogen-bond acceptors (Lipinski definition) is 5. The number of benzene rings is 1. The van der Waals surface area contributed by atoms with E-state index in [2.05, 4.69) is 0 Å². The summed E-state index contributed by atoms with van der Waals surface area (Å²) < 4.78 is 9.92. The highest BCUT2D eigenvalue weighted by Crippen LogP contribution is 2.32. The number of methoxy groups -OCH3 is 1. The minimum atomic E-state index is -1.18. The van der Waals surface area contributed by atoms with Gasteiger partial charge in [-0.1, -0.05) is 0 Å². The normalized spacial score (nSPS) is 11.6. The highest BCUT2D eigenvalue weighted by molar-refractivity contribution is 5.84. The van der Waals surface area contributed by atoms with E-state index >= 15 is 0 Å². The standard InChI is InChI=1S/C11H12O6/c1-6(11(14)15)17-10-4-7(16-2)3-9(13)8(10)5-12/h3-6,13H,1-2H3,(H,14,15)/t6-/m1/s1. The number of carbonyl (C=O) groups is 2. The van der Waals surface area contributed by atoms with Crippen LogP contribution >= 0.6 is 0 Å². The zero-order chi connectivity index (χ0) is 13.0. The highest BCUT2D eigenvalue weighted by atomic mass is 16.5. The van der Waals surface area contributed by atoms with Gasteiger partial charge in [-0.15, -0.1) is 0 Å². The monoisotopic (exact) mass is 240 g/mol. The zero-order valence-corrected chi connectivity index (χ0v) is 9.34. The van der Waals surface area contributed by atoms with Crippen molar-refractivity contribution in [2.45, 2.75) is 13.0 Å². The Morgan fingerprint density at radius 3 is 2.59 bits per heavy atom. The molecular weight excluding hydrogens is 228 g/mol. The number of carboxylic acids is 1. The zero-order valence-electron chi connectivity index (χ0n) is 9.34. The van der Waals surface area contributed by atoms with E-state index in [1.165, 1.54) is 26.2 Å². The van der Waals surface area contributed by atoms with Crippen molar-refractivity contribution in [3.05, 3.63) is 17.7 Å². The molecule has 0 radical (unpaired) electrons. The Balaban J connectivity index is 3.15. The third-order valence-electron chi connectivity index (χ3n) is 2.10. The number of carbonyl (C=O) groups excluding carboxylic acids is 1. The number of aldehydes is 1. The number of phenols is 1. The molecule has 0 saturated heterocycles. The first kappa shape index (κ1) is 12.8. The summed E-state index contributed by atoms with van der Waals surface area (Å²) in [6, 6.07) is 2.57. The Bertz CT molecular complexity index is 440. The summed E-state index contributed by atoms with van der Waals surface area (Å²) in [5, 5.41) is 18.2. The molecule has 92 valence electrons. The highest BCUT2D eigenvalue weighted by Gasteiger charge is 2.18. The number of aliphatic carboxylic acids is 1. The van der Waals surface area contributed by atoms with E-state index in [9.17, 15) is 14.7 Å². The Morgan fingerprint density at radius 2 is 2.12 bits per heavy atom. The lowest BCUT2D eigenvalue weighted by Gasteiger charge is -2.14. The molecule has 6 heteroatoms. The SMILES string of the molecule is COc1cc(O)c(C=O)c(O[C@H](C)C(=O)O)c1. The molecule has 1 aromatic rings. The van der Waals surface area contributed by atoms with Crippen molar-refractivity contribution in [2.75, 3.05) is 7.11 Å². The molecule has 0 heterocycles. The molecule has 2 N–H and O–H groups in total. The van der Waals surface area contributed by atoms with Gasteiger partial charge in [0.05, 0.1) is 12.7 Å². The second-order valence-electron chi connectivity index (χ2n) is 3.27. The molecule has 1 atom stereocenters. The molecule has 0 unspecified atom stereocenters. The van der Waals surface area contributed by atoms with Gasteiger partial charge >= 0.3 is 5.97 Å². The minimum Gasteiger partial charge on any atom is -0.507 e. The maximum Gasteiger partial charge on any atom is 0.344 e. The van der Waals surface area contributed by atoms with Gasteiger partial charge in [0, 0.05) is 12.1 Å². The van der Waals surface area contributed by atoms with Crippen LogP contribution in [0.5, 0.6) is 17.2 Å². The van der Waals surface area contributed by atoms with E-state index in [0.717, 1.165) is 0 Å². The molecule has 0 aliphatic heterocycles. The lowest BCUT2D eigenvalue weighted by molar-refractivity contribution is -0.144. The molecular formula is C11H12O6. The van der Waals surface area contributed by atoms with E-state index in [1.54, 1.807) is 0 Å². The Labute approximate surface area is 97.4 Å². The van der Waals surface area contributed by atoms with Crippen molar-refractivity contribution in [1.82, 2.24) is 0 Å². The number of aromatic hydroxyl groups is 1. The first-order chi connectivity index (χ1) is 7.99. The van der Waals surface area contributed by atoms with E-state index in [1.807, 2.05) is 0 Å². The van der Waals surface area contributed by atoms with E-state index < -0.39 is 12.1 Å². The summed E-state index contributed by atoms with van der Waals surface area (Å²) >= 11 is 0. The van der Waals surface area contributed by atoms with Crippen molar-refractivity contribution in [1.29, 1.82) is 0 Å². The fourth-order valence-electron chi connectivity index (χ4n) is 1.16. The molecule has 0 spiro atoms. The van der Waals surface area contributed by atoms with Crippen molar-refractivity contribution in [2.24, 2.45) is 0 Å².